The number of carbonyl (C=O) groups excluding carboxylic acids is 8. The van der Waals surface area contributed by atoms with E-state index in [1.807, 2.05) is 109 Å². The van der Waals surface area contributed by atoms with E-state index in [-0.39, 0.29) is 63.3 Å². The maximum absolute atomic E-state index is 15.0. The van der Waals surface area contributed by atoms with Crippen molar-refractivity contribution in [2.45, 2.75) is 115 Å². The van der Waals surface area contributed by atoms with Crippen LogP contribution in [0.3, 0.4) is 0 Å². The van der Waals surface area contributed by atoms with Crippen molar-refractivity contribution in [1.82, 2.24) is 42.2 Å². The number of nitrogens with one attached hydrogen (secondary N) is 8. The van der Waals surface area contributed by atoms with E-state index in [0.717, 1.165) is 59.6 Å². The molecule has 8 amide bonds. The lowest BCUT2D eigenvalue weighted by molar-refractivity contribution is -0.136. The number of aromatic amines is 1. The van der Waals surface area contributed by atoms with Gasteiger partial charge in [-0.1, -0.05) is 158 Å². The number of unbranched alkanes of at least 4 members (excludes halogenated alkanes) is 1. The summed E-state index contributed by atoms with van der Waals surface area (Å²) in [5.41, 5.74) is 21.8. The second-order valence-corrected chi connectivity index (χ2v) is 24.2. The van der Waals surface area contributed by atoms with Gasteiger partial charge in [0.1, 0.15) is 48.0 Å². The fourth-order valence-corrected chi connectivity index (χ4v) is 12.4. The van der Waals surface area contributed by atoms with Gasteiger partial charge in [0.15, 0.2) is 0 Å². The van der Waals surface area contributed by atoms with Crippen molar-refractivity contribution in [3.8, 4) is 5.75 Å². The van der Waals surface area contributed by atoms with Gasteiger partial charge in [0.25, 0.3) is 0 Å². The standard InChI is InChI=1S/C63H73N11O9S2.CH4/c1-36(2)55-63(83)73-54(61(81)69-50(56(66)76)31-39-19-23-41-12-4-6-14-43(41)28-39)35-85-84-34-53(72-57(77)47(65)29-38-18-22-40-11-3-5-13-42(40)27-38)62(82)70-51(30-37-20-24-45(75)25-21-37)59(79)71-52(32-44-33-67-48-16-8-7-15-46(44)48)60(80)68-49(58(78)74-55)17-9-10-26-64;/h3-8,11-16,18-25,27-28,33,36,47,49-55,67,75H,9-10,17,26,29-32,34-35,64-65H2,1-2H3,(H2,66,76)(H,68,80)(H,69,81)(H,70,82)(H,71,79)(H,72,77)(H,73,83)(H,74,78);1H4/t47-,49+,50+,51+,52-,53+,54+,55+;/m1./s1. The van der Waals surface area contributed by atoms with Crippen molar-refractivity contribution in [2.75, 3.05) is 18.1 Å². The normalized spacial score (nSPS) is 20.1. The molecule has 0 saturated carbocycles. The van der Waals surface area contributed by atoms with E-state index < -0.39 is 102 Å². The van der Waals surface area contributed by atoms with Gasteiger partial charge in [0.2, 0.25) is 47.3 Å². The molecule has 1 fully saturated rings. The van der Waals surface area contributed by atoms with Crippen LogP contribution in [-0.4, -0.2) is 124 Å². The predicted molar refractivity (Wildman–Crippen MR) is 339 cm³/mol. The van der Waals surface area contributed by atoms with Crippen molar-refractivity contribution in [3.05, 3.63) is 162 Å². The van der Waals surface area contributed by atoms with E-state index in [0.29, 0.717) is 29.5 Å². The highest BCUT2D eigenvalue weighted by atomic mass is 33.1. The molecular formula is C64H77N11O9S2. The third kappa shape index (κ3) is 17.8. The lowest BCUT2D eigenvalue weighted by Crippen LogP contribution is -2.61. The molecule has 8 atom stereocenters. The van der Waals surface area contributed by atoms with Crippen LogP contribution in [0.2, 0.25) is 0 Å². The number of hydrogen-bond donors (Lipinski definition) is 12. The minimum atomic E-state index is -1.41. The Kier molecular flexibility index (Phi) is 23.5. The molecule has 0 aliphatic carbocycles. The third-order valence-electron chi connectivity index (χ3n) is 14.9. The zero-order valence-electron chi connectivity index (χ0n) is 47.3. The Morgan fingerprint density at radius 2 is 1.19 bits per heavy atom. The van der Waals surface area contributed by atoms with Crippen LogP contribution in [0.5, 0.6) is 5.75 Å². The fraction of sp³-hybridized carbons (Fsp3) is 0.344. The average molecular weight is 1210 g/mol. The monoisotopic (exact) mass is 1210 g/mol. The number of rotatable bonds is 18. The lowest BCUT2D eigenvalue weighted by atomic mass is 9.99. The van der Waals surface area contributed by atoms with E-state index in [1.54, 1.807) is 32.2 Å². The quantitative estimate of drug-likeness (QED) is 0.0417. The van der Waals surface area contributed by atoms with Gasteiger partial charge in [0, 0.05) is 47.9 Å². The first-order valence-electron chi connectivity index (χ1n) is 28.3. The minimum Gasteiger partial charge on any atom is -0.508 e. The Bertz CT molecular complexity index is 3530. The summed E-state index contributed by atoms with van der Waals surface area (Å²) in [6, 6.07) is 29.7. The first kappa shape index (κ1) is 65.1. The summed E-state index contributed by atoms with van der Waals surface area (Å²) in [5.74, 6) is -7.08. The molecule has 7 aromatic rings. The SMILES string of the molecule is C.CC(C)[C@@H]1NC(=O)[C@H](CCCCN)NC(=O)[C@@H](Cc2c[nH]c3ccccc23)NC(=O)[C@H](Cc2ccc(O)cc2)NC(=O)[C@@H](NC(=O)[C@H](N)Cc2ccc3ccccc3c2)CSSC[C@@H](C(=O)N[C@@H](Cc2ccc3ccccc3c2)C(N)=O)NC1=O. The van der Waals surface area contributed by atoms with Gasteiger partial charge in [-0.15, -0.1) is 0 Å². The molecule has 0 radical (unpaired) electrons. The molecule has 2 heterocycles. The number of hydrogen-bond acceptors (Lipinski definition) is 13. The topological polar surface area (TPSA) is 335 Å². The van der Waals surface area contributed by atoms with Gasteiger partial charge in [-0.05, 0) is 100 Å². The molecular weight excluding hydrogens is 1130 g/mol. The van der Waals surface area contributed by atoms with Gasteiger partial charge in [-0.25, -0.2) is 0 Å². The Hall–Kier alpha value is -8.44. The zero-order valence-corrected chi connectivity index (χ0v) is 48.9. The number of benzene rings is 6. The summed E-state index contributed by atoms with van der Waals surface area (Å²) >= 11 is 0. The van der Waals surface area contributed by atoms with Gasteiger partial charge >= 0.3 is 0 Å². The van der Waals surface area contributed by atoms with Crippen molar-refractivity contribution in [3.63, 3.8) is 0 Å². The number of amides is 8. The van der Waals surface area contributed by atoms with Crippen molar-refractivity contribution in [1.29, 1.82) is 0 Å². The fourth-order valence-electron chi connectivity index (χ4n) is 10.1. The smallest absolute Gasteiger partial charge is 0.244 e. The Balaban J connectivity index is 0.0000106. The molecule has 0 spiro atoms. The Morgan fingerprint density at radius 3 is 1.83 bits per heavy atom. The number of nitrogens with two attached hydrogens (primary N) is 3. The van der Waals surface area contributed by atoms with Crippen LogP contribution >= 0.6 is 21.6 Å². The number of H-pyrrole nitrogens is 1. The summed E-state index contributed by atoms with van der Waals surface area (Å²) in [5, 5.41) is 34.5. The van der Waals surface area contributed by atoms with Crippen molar-refractivity contribution >= 4 is 101 Å². The summed E-state index contributed by atoms with van der Waals surface area (Å²) < 4.78 is 0. The Morgan fingerprint density at radius 1 is 0.628 bits per heavy atom. The number of fused-ring (bicyclic) bond motifs is 3. The summed E-state index contributed by atoms with van der Waals surface area (Å²) in [7, 11) is 2.14. The number of phenolic OH excluding ortho intramolecular Hbond substituents is 1. The maximum Gasteiger partial charge on any atom is 0.244 e. The molecule has 0 unspecified atom stereocenters. The molecule has 22 heteroatoms. The molecule has 1 aromatic heterocycles. The molecule has 1 aliphatic rings. The first-order chi connectivity index (χ1) is 40.9. The van der Waals surface area contributed by atoms with Crippen LogP contribution in [0.25, 0.3) is 32.4 Å². The van der Waals surface area contributed by atoms with Gasteiger partial charge in [-0.2, -0.15) is 0 Å². The van der Waals surface area contributed by atoms with Crippen LogP contribution in [0.4, 0.5) is 0 Å². The van der Waals surface area contributed by atoms with Crippen LogP contribution in [0, 0.1) is 5.92 Å². The summed E-state index contributed by atoms with van der Waals surface area (Å²) in [6.07, 6.45) is 2.56. The molecule has 15 N–H and O–H groups in total. The van der Waals surface area contributed by atoms with Crippen LogP contribution in [0.15, 0.2) is 140 Å². The van der Waals surface area contributed by atoms with Crippen molar-refractivity contribution in [2.24, 2.45) is 23.1 Å². The highest BCUT2D eigenvalue weighted by Crippen LogP contribution is 2.26. The number of para-hydroxylation sites is 1. The van der Waals surface area contributed by atoms with E-state index in [2.05, 4.69) is 42.2 Å². The van der Waals surface area contributed by atoms with Crippen LogP contribution in [-0.2, 0) is 64.0 Å². The number of carbonyl (C=O) groups is 8. The number of primary amides is 1. The van der Waals surface area contributed by atoms with Crippen LogP contribution < -0.4 is 54.4 Å². The van der Waals surface area contributed by atoms with E-state index in [4.69, 9.17) is 17.2 Å². The van der Waals surface area contributed by atoms with Crippen LogP contribution in [0.1, 0.15) is 62.8 Å². The Labute approximate surface area is 507 Å². The first-order valence-corrected chi connectivity index (χ1v) is 30.8. The predicted octanol–water partition coefficient (Wildman–Crippen LogP) is 4.47. The van der Waals surface area contributed by atoms with Gasteiger partial charge in [0.05, 0.1) is 6.04 Å². The largest absolute Gasteiger partial charge is 0.508 e. The minimum absolute atomic E-state index is 0. The maximum atomic E-state index is 15.0. The second-order valence-electron chi connectivity index (χ2n) is 21.7. The van der Waals surface area contributed by atoms with E-state index in [9.17, 15) is 43.5 Å². The molecule has 6 aromatic carbocycles. The molecule has 454 valence electrons. The molecule has 1 saturated heterocycles. The van der Waals surface area contributed by atoms with Gasteiger partial charge in [-0.3, -0.25) is 38.4 Å². The highest BCUT2D eigenvalue weighted by molar-refractivity contribution is 8.76. The summed E-state index contributed by atoms with van der Waals surface area (Å²) in [6.45, 7) is 3.69. The van der Waals surface area contributed by atoms with Gasteiger partial charge < -0.3 is 64.5 Å². The van der Waals surface area contributed by atoms with E-state index in [1.165, 1.54) is 12.1 Å². The van der Waals surface area contributed by atoms with Crippen molar-refractivity contribution < 1.29 is 43.5 Å². The molecule has 86 heavy (non-hydrogen) atoms. The average Bonchev–Trinajstić information content (AvgIpc) is 4.11. The molecule has 20 nitrogen and oxygen atoms in total. The third-order valence-corrected chi connectivity index (χ3v) is 17.3. The molecule has 0 bridgehead atoms. The molecule has 8 rings (SSSR count). The summed E-state index contributed by atoms with van der Waals surface area (Å²) in [4.78, 5) is 119. The number of phenols is 1. The molecule has 1 aliphatic heterocycles. The number of aromatic nitrogens is 1. The zero-order chi connectivity index (χ0) is 60.6. The second kappa shape index (κ2) is 31.1. The number of aromatic hydroxyl groups is 1. The van der Waals surface area contributed by atoms with E-state index >= 15 is 0 Å². The highest BCUT2D eigenvalue weighted by Gasteiger charge is 2.36. The lowest BCUT2D eigenvalue weighted by Gasteiger charge is -2.29.